The number of nitrogens with zero attached hydrogens (tertiary/aromatic N) is 1. The van der Waals surface area contributed by atoms with Gasteiger partial charge in [0, 0.05) is 0 Å². The van der Waals surface area contributed by atoms with Gasteiger partial charge in [-0.1, -0.05) is 12.1 Å². The van der Waals surface area contributed by atoms with Crippen molar-refractivity contribution in [1.29, 1.82) is 0 Å². The second-order valence-electron chi connectivity index (χ2n) is 3.47. The lowest BCUT2D eigenvalue weighted by Gasteiger charge is -2.29. The topological polar surface area (TPSA) is 66.5 Å². The van der Waals surface area contributed by atoms with E-state index in [1.807, 2.05) is 0 Å². The van der Waals surface area contributed by atoms with Crippen LogP contribution in [0.2, 0.25) is 0 Å². The number of sulfonamides is 1. The van der Waals surface area contributed by atoms with E-state index in [1.54, 1.807) is 31.2 Å². The van der Waals surface area contributed by atoms with Crippen molar-refractivity contribution in [3.8, 4) is 0 Å². The van der Waals surface area contributed by atoms with Crippen molar-refractivity contribution < 1.29 is 13.2 Å². The Kier molecular flexibility index (Phi) is 2.59. The number of hydrogen-bond acceptors (Lipinski definition) is 3. The molecule has 16 heavy (non-hydrogen) atoms. The average molecular weight is 240 g/mol. The van der Waals surface area contributed by atoms with Crippen LogP contribution in [0, 0.1) is 0 Å². The van der Waals surface area contributed by atoms with Crippen molar-refractivity contribution in [2.45, 2.75) is 6.92 Å². The molecule has 0 aliphatic carbocycles. The van der Waals surface area contributed by atoms with Crippen LogP contribution in [0.4, 0.5) is 11.4 Å². The molecule has 1 aromatic carbocycles. The maximum Gasteiger partial charge on any atom is 0.245 e. The molecular weight excluding hydrogens is 228 g/mol. The Balaban J connectivity index is 2.54. The SMILES string of the molecule is CCS(=O)(=O)N1CC(=O)Nc2ccccc21. The lowest BCUT2D eigenvalue weighted by atomic mass is 10.2. The molecule has 0 unspecified atom stereocenters. The molecule has 0 aromatic heterocycles. The van der Waals surface area contributed by atoms with Crippen molar-refractivity contribution in [3.05, 3.63) is 24.3 Å². The van der Waals surface area contributed by atoms with Crippen molar-refractivity contribution in [3.63, 3.8) is 0 Å². The van der Waals surface area contributed by atoms with Crippen molar-refractivity contribution in [2.75, 3.05) is 21.9 Å². The highest BCUT2D eigenvalue weighted by molar-refractivity contribution is 7.92. The maximum absolute atomic E-state index is 11.8. The Morgan fingerprint density at radius 2 is 2.06 bits per heavy atom. The highest BCUT2D eigenvalue weighted by Crippen LogP contribution is 2.30. The molecule has 1 N–H and O–H groups in total. The first kappa shape index (κ1) is 10.9. The molecular formula is C10H12N2O3S. The minimum absolute atomic E-state index is 0.0192. The zero-order chi connectivity index (χ0) is 11.8. The summed E-state index contributed by atoms with van der Waals surface area (Å²) in [6, 6.07) is 6.86. The van der Waals surface area contributed by atoms with E-state index in [2.05, 4.69) is 5.32 Å². The van der Waals surface area contributed by atoms with Gasteiger partial charge in [-0.05, 0) is 19.1 Å². The van der Waals surface area contributed by atoms with Gasteiger partial charge >= 0.3 is 0 Å². The summed E-state index contributed by atoms with van der Waals surface area (Å²) < 4.78 is 24.8. The summed E-state index contributed by atoms with van der Waals surface area (Å²) in [5, 5.41) is 2.64. The number of carbonyl (C=O) groups excluding carboxylic acids is 1. The standard InChI is InChI=1S/C10H12N2O3S/c1-2-16(14,15)12-7-10(13)11-8-5-3-4-6-9(8)12/h3-6H,2,7H2,1H3,(H,11,13). The molecule has 1 heterocycles. The van der Waals surface area contributed by atoms with Crippen LogP contribution < -0.4 is 9.62 Å². The number of rotatable bonds is 2. The van der Waals surface area contributed by atoms with Gasteiger partial charge < -0.3 is 5.32 Å². The van der Waals surface area contributed by atoms with Crippen LogP contribution in [0.25, 0.3) is 0 Å². The number of fused-ring (bicyclic) bond motifs is 1. The predicted octanol–water partition coefficient (Wildman–Crippen LogP) is 0.795. The quantitative estimate of drug-likeness (QED) is 0.831. The summed E-state index contributed by atoms with van der Waals surface area (Å²) in [5.74, 6) is -0.329. The zero-order valence-electron chi connectivity index (χ0n) is 8.80. The summed E-state index contributed by atoms with van der Waals surface area (Å²) >= 11 is 0. The van der Waals surface area contributed by atoms with Gasteiger partial charge in [-0.2, -0.15) is 0 Å². The van der Waals surface area contributed by atoms with Crippen LogP contribution in [0.3, 0.4) is 0 Å². The van der Waals surface area contributed by atoms with E-state index >= 15 is 0 Å². The van der Waals surface area contributed by atoms with Crippen LogP contribution in [0.1, 0.15) is 6.92 Å². The van der Waals surface area contributed by atoms with Crippen LogP contribution in [0.5, 0.6) is 0 Å². The number of carbonyl (C=O) groups is 1. The molecule has 1 aromatic rings. The first-order chi connectivity index (χ1) is 7.54. The molecule has 0 bridgehead atoms. The normalized spacial score (nSPS) is 15.6. The second-order valence-corrected chi connectivity index (χ2v) is 5.65. The molecule has 0 fully saturated rings. The highest BCUT2D eigenvalue weighted by Gasteiger charge is 2.29. The highest BCUT2D eigenvalue weighted by atomic mass is 32.2. The molecule has 0 radical (unpaired) electrons. The van der Waals surface area contributed by atoms with E-state index < -0.39 is 10.0 Å². The monoisotopic (exact) mass is 240 g/mol. The second kappa shape index (κ2) is 3.79. The van der Waals surface area contributed by atoms with Gasteiger partial charge in [-0.3, -0.25) is 9.10 Å². The largest absolute Gasteiger partial charge is 0.323 e. The van der Waals surface area contributed by atoms with Crippen LogP contribution in [-0.4, -0.2) is 26.6 Å². The minimum atomic E-state index is -3.40. The van der Waals surface area contributed by atoms with E-state index in [1.165, 1.54) is 0 Å². The van der Waals surface area contributed by atoms with E-state index in [0.29, 0.717) is 11.4 Å². The third-order valence-corrected chi connectivity index (χ3v) is 4.16. The molecule has 6 heteroatoms. The molecule has 1 aliphatic heterocycles. The Labute approximate surface area is 94.1 Å². The molecule has 2 rings (SSSR count). The van der Waals surface area contributed by atoms with Crippen LogP contribution in [-0.2, 0) is 14.8 Å². The maximum atomic E-state index is 11.8. The van der Waals surface area contributed by atoms with Crippen molar-refractivity contribution >= 4 is 27.3 Å². The summed E-state index contributed by atoms with van der Waals surface area (Å²) in [6.07, 6.45) is 0. The van der Waals surface area contributed by atoms with E-state index in [-0.39, 0.29) is 18.2 Å². The van der Waals surface area contributed by atoms with Gasteiger partial charge in [0.1, 0.15) is 6.54 Å². The number of para-hydroxylation sites is 2. The molecule has 0 spiro atoms. The van der Waals surface area contributed by atoms with Crippen LogP contribution >= 0.6 is 0 Å². The Morgan fingerprint density at radius 1 is 1.38 bits per heavy atom. The Morgan fingerprint density at radius 3 is 2.75 bits per heavy atom. The van der Waals surface area contributed by atoms with E-state index in [9.17, 15) is 13.2 Å². The van der Waals surface area contributed by atoms with E-state index in [4.69, 9.17) is 0 Å². The zero-order valence-corrected chi connectivity index (χ0v) is 9.62. The van der Waals surface area contributed by atoms with Crippen molar-refractivity contribution in [1.82, 2.24) is 0 Å². The Hall–Kier alpha value is -1.56. The lowest BCUT2D eigenvalue weighted by Crippen LogP contribution is -2.42. The van der Waals surface area contributed by atoms with Crippen LogP contribution in [0.15, 0.2) is 24.3 Å². The first-order valence-electron chi connectivity index (χ1n) is 4.94. The number of nitrogens with one attached hydrogen (secondary N) is 1. The molecule has 0 atom stereocenters. The molecule has 86 valence electrons. The minimum Gasteiger partial charge on any atom is -0.323 e. The van der Waals surface area contributed by atoms with Gasteiger partial charge in [0.05, 0.1) is 17.1 Å². The van der Waals surface area contributed by atoms with E-state index in [0.717, 1.165) is 4.31 Å². The first-order valence-corrected chi connectivity index (χ1v) is 6.55. The van der Waals surface area contributed by atoms with Gasteiger partial charge in [0.2, 0.25) is 15.9 Å². The third-order valence-electron chi connectivity index (χ3n) is 2.43. The summed E-state index contributed by atoms with van der Waals surface area (Å²) in [5.41, 5.74) is 1.07. The molecule has 5 nitrogen and oxygen atoms in total. The lowest BCUT2D eigenvalue weighted by molar-refractivity contribution is -0.115. The molecule has 1 amide bonds. The average Bonchev–Trinajstić information content (AvgIpc) is 2.28. The van der Waals surface area contributed by atoms with Gasteiger partial charge in [-0.15, -0.1) is 0 Å². The fourth-order valence-electron chi connectivity index (χ4n) is 1.61. The van der Waals surface area contributed by atoms with Gasteiger partial charge in [-0.25, -0.2) is 8.42 Å². The number of benzene rings is 1. The van der Waals surface area contributed by atoms with Gasteiger partial charge in [0.25, 0.3) is 0 Å². The summed E-state index contributed by atoms with van der Waals surface area (Å²) in [6.45, 7) is 1.41. The molecule has 0 saturated heterocycles. The predicted molar refractivity (Wildman–Crippen MR) is 61.9 cm³/mol. The third kappa shape index (κ3) is 1.76. The smallest absolute Gasteiger partial charge is 0.245 e. The van der Waals surface area contributed by atoms with Gasteiger partial charge in [0.15, 0.2) is 0 Å². The molecule has 0 saturated carbocycles. The number of anilines is 2. The Bertz CT molecular complexity index is 525. The number of amides is 1. The fraction of sp³-hybridized carbons (Fsp3) is 0.300. The van der Waals surface area contributed by atoms with Crippen molar-refractivity contribution in [2.24, 2.45) is 0 Å². The summed E-state index contributed by atoms with van der Waals surface area (Å²) in [4.78, 5) is 11.4. The fourth-order valence-corrected chi connectivity index (χ4v) is 2.69. The number of hydrogen-bond donors (Lipinski definition) is 1. The molecule has 1 aliphatic rings. The summed E-state index contributed by atoms with van der Waals surface area (Å²) in [7, 11) is -3.40.